The summed E-state index contributed by atoms with van der Waals surface area (Å²) in [6.07, 6.45) is 0. The van der Waals surface area contributed by atoms with Crippen LogP contribution in [0.25, 0.3) is 0 Å². The molecule has 1 aliphatic heterocycles. The number of anilines is 2. The van der Waals surface area contributed by atoms with Gasteiger partial charge < -0.3 is 15.5 Å². The van der Waals surface area contributed by atoms with Crippen LogP contribution >= 0.6 is 0 Å². The molecule has 1 fully saturated rings. The Labute approximate surface area is 121 Å². The molecule has 4 heteroatoms. The monoisotopic (exact) mass is 275 g/mol. The van der Waals surface area contributed by atoms with Crippen molar-refractivity contribution in [3.05, 3.63) is 24.3 Å². The van der Waals surface area contributed by atoms with Crippen molar-refractivity contribution in [1.82, 2.24) is 4.90 Å². The fourth-order valence-electron chi connectivity index (χ4n) is 2.48. The SMILES string of the molecule is CC(C)C(C)C(=O)N1CCN(c2cccc(N)c2)CC1. The van der Waals surface area contributed by atoms with Gasteiger partial charge in [-0.1, -0.05) is 26.8 Å². The quantitative estimate of drug-likeness (QED) is 0.860. The van der Waals surface area contributed by atoms with E-state index in [1.54, 1.807) is 0 Å². The summed E-state index contributed by atoms with van der Waals surface area (Å²) in [6.45, 7) is 9.57. The lowest BCUT2D eigenvalue weighted by atomic mass is 9.96. The van der Waals surface area contributed by atoms with Crippen molar-refractivity contribution in [2.75, 3.05) is 36.8 Å². The summed E-state index contributed by atoms with van der Waals surface area (Å²) in [5.41, 5.74) is 7.76. The van der Waals surface area contributed by atoms with Gasteiger partial charge >= 0.3 is 0 Å². The molecule has 1 aromatic carbocycles. The van der Waals surface area contributed by atoms with Gasteiger partial charge in [0.25, 0.3) is 0 Å². The fourth-order valence-corrected chi connectivity index (χ4v) is 2.48. The second-order valence-electron chi connectivity index (χ2n) is 5.94. The van der Waals surface area contributed by atoms with Crippen LogP contribution in [0.2, 0.25) is 0 Å². The van der Waals surface area contributed by atoms with Gasteiger partial charge in [-0.05, 0) is 24.1 Å². The zero-order valence-electron chi connectivity index (χ0n) is 12.7. The number of amides is 1. The van der Waals surface area contributed by atoms with Gasteiger partial charge in [0.05, 0.1) is 0 Å². The van der Waals surface area contributed by atoms with E-state index in [2.05, 4.69) is 24.8 Å². The van der Waals surface area contributed by atoms with Crippen molar-refractivity contribution >= 4 is 17.3 Å². The molecule has 110 valence electrons. The van der Waals surface area contributed by atoms with Gasteiger partial charge in [-0.3, -0.25) is 4.79 Å². The number of nitrogens with zero attached hydrogens (tertiary/aromatic N) is 2. The lowest BCUT2D eigenvalue weighted by molar-refractivity contribution is -0.136. The highest BCUT2D eigenvalue weighted by molar-refractivity contribution is 5.79. The Kier molecular flexibility index (Phi) is 4.53. The minimum Gasteiger partial charge on any atom is -0.399 e. The Morgan fingerprint density at radius 3 is 2.35 bits per heavy atom. The van der Waals surface area contributed by atoms with Gasteiger partial charge in [0.15, 0.2) is 0 Å². The molecule has 1 unspecified atom stereocenters. The maximum atomic E-state index is 12.3. The van der Waals surface area contributed by atoms with Crippen molar-refractivity contribution in [1.29, 1.82) is 0 Å². The van der Waals surface area contributed by atoms with Gasteiger partial charge in [-0.25, -0.2) is 0 Å². The average molecular weight is 275 g/mol. The van der Waals surface area contributed by atoms with E-state index in [0.29, 0.717) is 5.92 Å². The second-order valence-corrected chi connectivity index (χ2v) is 5.94. The van der Waals surface area contributed by atoms with Crippen molar-refractivity contribution in [3.63, 3.8) is 0 Å². The van der Waals surface area contributed by atoms with Gasteiger partial charge in [0, 0.05) is 43.5 Å². The Morgan fingerprint density at radius 1 is 1.15 bits per heavy atom. The van der Waals surface area contributed by atoms with E-state index in [4.69, 9.17) is 5.73 Å². The third kappa shape index (κ3) is 3.24. The van der Waals surface area contributed by atoms with E-state index in [9.17, 15) is 4.79 Å². The van der Waals surface area contributed by atoms with E-state index in [1.165, 1.54) is 0 Å². The van der Waals surface area contributed by atoms with E-state index >= 15 is 0 Å². The molecular formula is C16H25N3O. The molecule has 0 saturated carbocycles. The lowest BCUT2D eigenvalue weighted by Crippen LogP contribution is -2.50. The fraction of sp³-hybridized carbons (Fsp3) is 0.562. The van der Waals surface area contributed by atoms with Crippen LogP contribution in [0.3, 0.4) is 0 Å². The molecule has 0 radical (unpaired) electrons. The molecule has 0 aliphatic carbocycles. The molecule has 1 aliphatic rings. The largest absolute Gasteiger partial charge is 0.399 e. The van der Waals surface area contributed by atoms with E-state index < -0.39 is 0 Å². The van der Waals surface area contributed by atoms with Crippen LogP contribution in [-0.4, -0.2) is 37.0 Å². The summed E-state index contributed by atoms with van der Waals surface area (Å²) < 4.78 is 0. The van der Waals surface area contributed by atoms with Gasteiger partial charge in [-0.2, -0.15) is 0 Å². The Morgan fingerprint density at radius 2 is 1.80 bits per heavy atom. The molecule has 1 saturated heterocycles. The lowest BCUT2D eigenvalue weighted by Gasteiger charge is -2.37. The standard InChI is InChI=1S/C16H25N3O/c1-12(2)13(3)16(20)19-9-7-18(8-10-19)15-6-4-5-14(17)11-15/h4-6,11-13H,7-10,17H2,1-3H3. The number of nitrogens with two attached hydrogens (primary N) is 1. The van der Waals surface area contributed by atoms with Crippen LogP contribution in [-0.2, 0) is 4.79 Å². The Balaban J connectivity index is 1.94. The Bertz CT molecular complexity index is 465. The third-order valence-corrected chi connectivity index (χ3v) is 4.22. The van der Waals surface area contributed by atoms with Crippen LogP contribution in [0.1, 0.15) is 20.8 Å². The molecule has 0 spiro atoms. The molecule has 1 atom stereocenters. The number of hydrogen-bond donors (Lipinski definition) is 1. The first-order valence-electron chi connectivity index (χ1n) is 7.38. The first kappa shape index (κ1) is 14.7. The zero-order chi connectivity index (χ0) is 14.7. The van der Waals surface area contributed by atoms with Crippen molar-refractivity contribution in [3.8, 4) is 0 Å². The summed E-state index contributed by atoms with van der Waals surface area (Å²) in [6, 6.07) is 7.94. The van der Waals surface area contributed by atoms with Gasteiger partial charge in [0.1, 0.15) is 0 Å². The normalized spacial score (nSPS) is 17.4. The molecule has 1 heterocycles. The summed E-state index contributed by atoms with van der Waals surface area (Å²) in [4.78, 5) is 16.6. The second kappa shape index (κ2) is 6.16. The summed E-state index contributed by atoms with van der Waals surface area (Å²) in [5.74, 6) is 0.788. The first-order valence-corrected chi connectivity index (χ1v) is 7.38. The number of carbonyl (C=O) groups is 1. The molecule has 2 N–H and O–H groups in total. The van der Waals surface area contributed by atoms with E-state index in [-0.39, 0.29) is 11.8 Å². The van der Waals surface area contributed by atoms with Crippen LogP contribution in [0.5, 0.6) is 0 Å². The van der Waals surface area contributed by atoms with Crippen molar-refractivity contribution in [2.24, 2.45) is 11.8 Å². The molecule has 0 aromatic heterocycles. The predicted octanol–water partition coefficient (Wildman–Crippen LogP) is 2.21. The van der Waals surface area contributed by atoms with Crippen LogP contribution in [0, 0.1) is 11.8 Å². The van der Waals surface area contributed by atoms with Crippen molar-refractivity contribution < 1.29 is 4.79 Å². The predicted molar refractivity (Wildman–Crippen MR) is 83.6 cm³/mol. The number of hydrogen-bond acceptors (Lipinski definition) is 3. The average Bonchev–Trinajstić information content (AvgIpc) is 2.46. The number of rotatable bonds is 3. The van der Waals surface area contributed by atoms with Crippen molar-refractivity contribution in [2.45, 2.75) is 20.8 Å². The molecule has 1 aromatic rings. The molecule has 0 bridgehead atoms. The summed E-state index contributed by atoms with van der Waals surface area (Å²) >= 11 is 0. The minimum atomic E-state index is 0.105. The number of nitrogen functional groups attached to an aromatic ring is 1. The topological polar surface area (TPSA) is 49.6 Å². The third-order valence-electron chi connectivity index (χ3n) is 4.22. The molecular weight excluding hydrogens is 250 g/mol. The summed E-state index contributed by atoms with van der Waals surface area (Å²) in [7, 11) is 0. The molecule has 2 rings (SSSR count). The zero-order valence-corrected chi connectivity index (χ0v) is 12.7. The molecule has 20 heavy (non-hydrogen) atoms. The van der Waals surface area contributed by atoms with E-state index in [0.717, 1.165) is 37.6 Å². The molecule has 4 nitrogen and oxygen atoms in total. The van der Waals surface area contributed by atoms with Crippen LogP contribution in [0.15, 0.2) is 24.3 Å². The number of piperazine rings is 1. The summed E-state index contributed by atoms with van der Waals surface area (Å²) in [5, 5.41) is 0. The van der Waals surface area contributed by atoms with Gasteiger partial charge in [-0.15, -0.1) is 0 Å². The maximum absolute atomic E-state index is 12.3. The maximum Gasteiger partial charge on any atom is 0.225 e. The highest BCUT2D eigenvalue weighted by atomic mass is 16.2. The molecule has 1 amide bonds. The van der Waals surface area contributed by atoms with Crippen LogP contribution in [0.4, 0.5) is 11.4 Å². The van der Waals surface area contributed by atoms with Gasteiger partial charge in [0.2, 0.25) is 5.91 Å². The number of carbonyl (C=O) groups excluding carboxylic acids is 1. The van der Waals surface area contributed by atoms with E-state index in [1.807, 2.05) is 30.0 Å². The first-order chi connectivity index (χ1) is 9.49. The highest BCUT2D eigenvalue weighted by Gasteiger charge is 2.26. The Hall–Kier alpha value is -1.71. The van der Waals surface area contributed by atoms with Crippen LogP contribution < -0.4 is 10.6 Å². The smallest absolute Gasteiger partial charge is 0.225 e. The number of benzene rings is 1. The minimum absolute atomic E-state index is 0.105. The highest BCUT2D eigenvalue weighted by Crippen LogP contribution is 2.20.